The Morgan fingerprint density at radius 2 is 1.20 bits per heavy atom. The summed E-state index contributed by atoms with van der Waals surface area (Å²) in [5, 5.41) is -6.55. The van der Waals surface area contributed by atoms with Crippen molar-refractivity contribution in [2.45, 2.75) is 43.0 Å². The monoisotopic (exact) mass is 340 g/mol. The number of alkyl halides is 9. The van der Waals surface area contributed by atoms with Crippen LogP contribution in [0.3, 0.4) is 0 Å². The van der Waals surface area contributed by atoms with E-state index >= 15 is 0 Å². The van der Waals surface area contributed by atoms with Crippen LogP contribution in [0, 0.1) is 0 Å². The van der Waals surface area contributed by atoms with Gasteiger partial charge < -0.3 is 0 Å². The zero-order chi connectivity index (χ0) is 16.6. The fraction of sp³-hybridized carbons (Fsp3) is 1.00. The molecule has 12 heteroatoms. The summed E-state index contributed by atoms with van der Waals surface area (Å²) >= 11 is 0. The normalized spacial score (nSPS) is 15.5. The Labute approximate surface area is 107 Å². The summed E-state index contributed by atoms with van der Waals surface area (Å²) in [6.45, 7) is 1.27. The van der Waals surface area contributed by atoms with Crippen molar-refractivity contribution in [3.8, 4) is 0 Å². The summed E-state index contributed by atoms with van der Waals surface area (Å²) < 4.78 is 134. The lowest BCUT2D eigenvalue weighted by atomic mass is 10.1. The van der Waals surface area contributed by atoms with E-state index in [1.165, 1.54) is 6.92 Å². The maximum absolute atomic E-state index is 13.0. The summed E-state index contributed by atoms with van der Waals surface area (Å²) in [4.78, 5) is 0. The van der Waals surface area contributed by atoms with Gasteiger partial charge in [-0.05, 0) is 6.42 Å². The van der Waals surface area contributed by atoms with Crippen LogP contribution in [-0.4, -0.2) is 37.4 Å². The number of unbranched alkanes of at least 4 members (excludes halogenated alkanes) is 1. The number of hydrogen-bond acceptors (Lipinski definition) is 2. The third-order valence-electron chi connectivity index (χ3n) is 2.27. The molecule has 0 amide bonds. The van der Waals surface area contributed by atoms with Crippen molar-refractivity contribution in [1.82, 2.24) is 0 Å². The summed E-state index contributed by atoms with van der Waals surface area (Å²) in [5.41, 5.74) is 0. The predicted molar refractivity (Wildman–Crippen MR) is 49.6 cm³/mol. The fourth-order valence-electron chi connectivity index (χ4n) is 1.02. The number of sulfone groups is 1. The molecular formula is C8H9F9O2S. The molecule has 0 spiro atoms. The van der Waals surface area contributed by atoms with E-state index in [1.807, 2.05) is 0 Å². The van der Waals surface area contributed by atoms with Crippen molar-refractivity contribution in [2.24, 2.45) is 0 Å². The first kappa shape index (κ1) is 19.3. The third-order valence-corrected chi connectivity index (χ3v) is 4.14. The molecule has 0 saturated heterocycles. The molecule has 0 radical (unpaired) electrons. The molecule has 20 heavy (non-hydrogen) atoms. The minimum Gasteiger partial charge on any atom is -0.222 e. The Morgan fingerprint density at radius 3 is 1.50 bits per heavy atom. The Kier molecular flexibility index (Phi) is 5.08. The zero-order valence-corrected chi connectivity index (χ0v) is 10.6. The van der Waals surface area contributed by atoms with Crippen LogP contribution in [-0.2, 0) is 9.84 Å². The minimum absolute atomic E-state index is 0.0729. The Hall–Kier alpha value is -0.680. The molecule has 0 N–H and O–H groups in total. The van der Waals surface area contributed by atoms with Gasteiger partial charge in [0.15, 0.2) is 0 Å². The van der Waals surface area contributed by atoms with Crippen molar-refractivity contribution < 1.29 is 47.9 Å². The lowest BCUT2D eigenvalue weighted by Gasteiger charge is -2.33. The number of halogens is 9. The summed E-state index contributed by atoms with van der Waals surface area (Å²) in [5.74, 6) is -16.0. The second-order valence-electron chi connectivity index (χ2n) is 3.84. The highest BCUT2D eigenvalue weighted by Crippen LogP contribution is 2.54. The molecule has 0 aromatic carbocycles. The molecule has 0 saturated carbocycles. The van der Waals surface area contributed by atoms with Gasteiger partial charge in [0, 0.05) is 0 Å². The van der Waals surface area contributed by atoms with E-state index in [-0.39, 0.29) is 6.42 Å². The van der Waals surface area contributed by atoms with Gasteiger partial charge in [0.25, 0.3) is 0 Å². The summed E-state index contributed by atoms with van der Waals surface area (Å²) in [6.07, 6.45) is -7.69. The van der Waals surface area contributed by atoms with E-state index in [9.17, 15) is 47.9 Å². The largest absolute Gasteiger partial charge is 0.460 e. The van der Waals surface area contributed by atoms with Gasteiger partial charge in [0.05, 0.1) is 5.75 Å². The molecule has 0 atom stereocenters. The van der Waals surface area contributed by atoms with Gasteiger partial charge in [-0.15, -0.1) is 0 Å². The summed E-state index contributed by atoms with van der Waals surface area (Å²) in [7, 11) is -6.19. The molecule has 0 aliphatic heterocycles. The molecule has 0 aromatic rings. The highest BCUT2D eigenvalue weighted by Gasteiger charge is 2.84. The Bertz CT molecular complexity index is 437. The first-order valence-corrected chi connectivity index (χ1v) is 6.64. The molecule has 0 aliphatic rings. The van der Waals surface area contributed by atoms with Gasteiger partial charge in [0.1, 0.15) is 0 Å². The van der Waals surface area contributed by atoms with E-state index in [4.69, 9.17) is 0 Å². The average molecular weight is 340 g/mol. The lowest BCUT2D eigenvalue weighted by Crippen LogP contribution is -2.63. The minimum atomic E-state index is -7.19. The van der Waals surface area contributed by atoms with Crippen LogP contribution in [0.25, 0.3) is 0 Å². The van der Waals surface area contributed by atoms with Gasteiger partial charge in [-0.1, -0.05) is 13.3 Å². The van der Waals surface area contributed by atoms with Crippen LogP contribution >= 0.6 is 0 Å². The molecular weight excluding hydrogens is 331 g/mol. The SMILES string of the molecule is CCCCS(=O)(=O)C(F)(F)C(F)(F)C(F)(F)C(F)(F)F. The van der Waals surface area contributed by atoms with Crippen LogP contribution in [0.1, 0.15) is 19.8 Å². The first-order valence-electron chi connectivity index (χ1n) is 4.98. The second kappa shape index (κ2) is 5.26. The molecule has 0 aliphatic carbocycles. The highest BCUT2D eigenvalue weighted by molar-refractivity contribution is 7.92. The predicted octanol–water partition coefficient (Wildman–Crippen LogP) is 3.63. The lowest BCUT2D eigenvalue weighted by molar-refractivity contribution is -0.382. The molecule has 0 rings (SSSR count). The van der Waals surface area contributed by atoms with E-state index in [0.717, 1.165) is 0 Å². The maximum atomic E-state index is 13.0. The maximum Gasteiger partial charge on any atom is 0.460 e. The molecule has 122 valence electrons. The van der Waals surface area contributed by atoms with Crippen LogP contribution in [0.15, 0.2) is 0 Å². The first-order chi connectivity index (χ1) is 8.56. The average Bonchev–Trinajstić information content (AvgIpc) is 2.24. The van der Waals surface area contributed by atoms with Crippen molar-refractivity contribution in [3.05, 3.63) is 0 Å². The van der Waals surface area contributed by atoms with E-state index in [0.29, 0.717) is 0 Å². The summed E-state index contributed by atoms with van der Waals surface area (Å²) in [6, 6.07) is 0. The highest BCUT2D eigenvalue weighted by atomic mass is 32.2. The third kappa shape index (κ3) is 2.84. The zero-order valence-electron chi connectivity index (χ0n) is 9.75. The molecule has 0 aromatic heterocycles. The Balaban J connectivity index is 5.82. The van der Waals surface area contributed by atoms with Crippen LogP contribution in [0.4, 0.5) is 39.5 Å². The molecule has 0 heterocycles. The van der Waals surface area contributed by atoms with Crippen molar-refractivity contribution in [1.29, 1.82) is 0 Å². The van der Waals surface area contributed by atoms with Crippen molar-refractivity contribution in [2.75, 3.05) is 5.75 Å². The molecule has 0 fully saturated rings. The van der Waals surface area contributed by atoms with Gasteiger partial charge in [-0.25, -0.2) is 8.42 Å². The molecule has 0 bridgehead atoms. The quantitative estimate of drug-likeness (QED) is 0.692. The van der Waals surface area contributed by atoms with Crippen molar-refractivity contribution in [3.63, 3.8) is 0 Å². The Morgan fingerprint density at radius 1 is 0.800 bits per heavy atom. The molecule has 2 nitrogen and oxygen atoms in total. The van der Waals surface area contributed by atoms with E-state index < -0.39 is 45.3 Å². The van der Waals surface area contributed by atoms with E-state index in [1.54, 1.807) is 0 Å². The van der Waals surface area contributed by atoms with Gasteiger partial charge in [-0.2, -0.15) is 39.5 Å². The molecule has 0 unspecified atom stereocenters. The van der Waals surface area contributed by atoms with Crippen LogP contribution < -0.4 is 0 Å². The van der Waals surface area contributed by atoms with Crippen LogP contribution in [0.5, 0.6) is 0 Å². The number of hydrogen-bond donors (Lipinski definition) is 0. The van der Waals surface area contributed by atoms with Gasteiger partial charge in [-0.3, -0.25) is 0 Å². The van der Waals surface area contributed by atoms with Crippen molar-refractivity contribution >= 4 is 9.84 Å². The fourth-order valence-corrected chi connectivity index (χ4v) is 2.46. The number of rotatable bonds is 6. The van der Waals surface area contributed by atoms with Gasteiger partial charge in [0.2, 0.25) is 9.84 Å². The smallest absolute Gasteiger partial charge is 0.222 e. The van der Waals surface area contributed by atoms with Gasteiger partial charge >= 0.3 is 23.3 Å². The second-order valence-corrected chi connectivity index (χ2v) is 5.99. The van der Waals surface area contributed by atoms with Crippen LogP contribution in [0.2, 0.25) is 0 Å². The topological polar surface area (TPSA) is 34.1 Å². The standard InChI is InChI=1S/C8H9F9O2S/c1-2-3-4-20(18,19)8(16,17)6(11,12)5(9,10)7(13,14)15/h2-4H2,1H3. The van der Waals surface area contributed by atoms with E-state index in [2.05, 4.69) is 0 Å².